The van der Waals surface area contributed by atoms with Crippen LogP contribution in [0.1, 0.15) is 39.0 Å². The van der Waals surface area contributed by atoms with Crippen LogP contribution in [0.4, 0.5) is 11.4 Å². The maximum Gasteiger partial charge on any atom is 0.360 e. The van der Waals surface area contributed by atoms with E-state index in [1.54, 1.807) is 6.07 Å². The van der Waals surface area contributed by atoms with Crippen LogP contribution >= 0.6 is 0 Å². The number of anilines is 2. The summed E-state index contributed by atoms with van der Waals surface area (Å²) in [5.74, 6) is -0.141. The Labute approximate surface area is 136 Å². The lowest BCUT2D eigenvalue weighted by Crippen LogP contribution is -2.17. The van der Waals surface area contributed by atoms with Gasteiger partial charge in [-0.15, -0.1) is 0 Å². The average Bonchev–Trinajstić information content (AvgIpc) is 2.51. The molecule has 0 unspecified atom stereocenters. The summed E-state index contributed by atoms with van der Waals surface area (Å²) in [5, 5.41) is 3.45. The minimum absolute atomic E-state index is 0.141. The van der Waals surface area contributed by atoms with Gasteiger partial charge in [0.25, 0.3) is 0 Å². The number of unbranched alkanes of at least 4 members (excludes halogenated alkanes) is 3. The fraction of sp³-hybridized carbons (Fsp3) is 0.444. The van der Waals surface area contributed by atoms with E-state index < -0.39 is 5.63 Å². The zero-order valence-electron chi connectivity index (χ0n) is 14.0. The quantitative estimate of drug-likeness (QED) is 0.624. The summed E-state index contributed by atoms with van der Waals surface area (Å²) in [7, 11) is 3.85. The van der Waals surface area contributed by atoms with Crippen LogP contribution in [0, 0.1) is 0 Å². The maximum atomic E-state index is 12.0. The van der Waals surface area contributed by atoms with Gasteiger partial charge in [0.15, 0.2) is 0 Å². The molecule has 0 saturated carbocycles. The van der Waals surface area contributed by atoms with Gasteiger partial charge in [0, 0.05) is 37.7 Å². The van der Waals surface area contributed by atoms with Crippen LogP contribution < -0.4 is 15.8 Å². The predicted molar refractivity (Wildman–Crippen MR) is 94.2 cm³/mol. The maximum absolute atomic E-state index is 12.0. The summed E-state index contributed by atoms with van der Waals surface area (Å²) >= 11 is 0. The average molecular weight is 316 g/mol. The molecule has 2 rings (SSSR count). The summed E-state index contributed by atoms with van der Waals surface area (Å²) in [6, 6.07) is 7.31. The monoisotopic (exact) mass is 316 g/mol. The topological polar surface area (TPSA) is 62.6 Å². The Morgan fingerprint density at radius 3 is 2.65 bits per heavy atom. The van der Waals surface area contributed by atoms with E-state index in [-0.39, 0.29) is 11.6 Å². The third kappa shape index (κ3) is 4.58. The van der Waals surface area contributed by atoms with E-state index in [4.69, 9.17) is 4.42 Å². The number of nitrogens with zero attached hydrogens (tertiary/aromatic N) is 1. The predicted octanol–water partition coefficient (Wildman–Crippen LogP) is 3.77. The molecule has 23 heavy (non-hydrogen) atoms. The van der Waals surface area contributed by atoms with Gasteiger partial charge in [-0.05, 0) is 24.6 Å². The lowest BCUT2D eigenvalue weighted by atomic mass is 10.1. The third-order valence-electron chi connectivity index (χ3n) is 3.77. The molecule has 1 amide bonds. The molecular formula is C18H24N2O3. The first-order valence-electron chi connectivity index (χ1n) is 8.06. The van der Waals surface area contributed by atoms with Gasteiger partial charge in [-0.1, -0.05) is 26.2 Å². The molecule has 5 heteroatoms. The van der Waals surface area contributed by atoms with Gasteiger partial charge in [-0.3, -0.25) is 4.79 Å². The Bertz CT molecular complexity index is 735. The smallest absolute Gasteiger partial charge is 0.360 e. The highest BCUT2D eigenvalue weighted by Crippen LogP contribution is 2.21. The van der Waals surface area contributed by atoms with Gasteiger partial charge in [0.1, 0.15) is 11.3 Å². The van der Waals surface area contributed by atoms with Gasteiger partial charge in [0.05, 0.1) is 0 Å². The SMILES string of the molecule is CCCCCCC(=O)Nc1cc2ccc(N(C)C)cc2oc1=O. The standard InChI is InChI=1S/C18H24N2O3/c1-4-5-6-7-8-17(21)19-15-11-13-9-10-14(20(2)3)12-16(13)23-18(15)22/h9-12H,4-8H2,1-3H3,(H,19,21). The van der Waals surface area contributed by atoms with Crippen molar-refractivity contribution in [2.75, 3.05) is 24.3 Å². The first-order chi connectivity index (χ1) is 11.0. The Balaban J connectivity index is 2.12. The van der Waals surface area contributed by atoms with Gasteiger partial charge in [0.2, 0.25) is 5.91 Å². The molecule has 0 bridgehead atoms. The molecule has 0 atom stereocenters. The van der Waals surface area contributed by atoms with E-state index in [9.17, 15) is 9.59 Å². The molecule has 0 aliphatic carbocycles. The third-order valence-corrected chi connectivity index (χ3v) is 3.77. The van der Waals surface area contributed by atoms with Crippen LogP contribution in [-0.4, -0.2) is 20.0 Å². The van der Waals surface area contributed by atoms with Crippen molar-refractivity contribution in [1.29, 1.82) is 0 Å². The molecule has 0 aliphatic heterocycles. The van der Waals surface area contributed by atoms with Crippen LogP contribution in [-0.2, 0) is 4.79 Å². The number of nitrogens with one attached hydrogen (secondary N) is 1. The Morgan fingerprint density at radius 2 is 1.96 bits per heavy atom. The highest BCUT2D eigenvalue weighted by atomic mass is 16.4. The van der Waals surface area contributed by atoms with Crippen LogP contribution in [0.25, 0.3) is 11.0 Å². The highest BCUT2D eigenvalue weighted by molar-refractivity contribution is 5.92. The number of fused-ring (bicyclic) bond motifs is 1. The van der Waals surface area contributed by atoms with Crippen molar-refractivity contribution in [2.45, 2.75) is 39.0 Å². The van der Waals surface area contributed by atoms with Gasteiger partial charge in [-0.2, -0.15) is 0 Å². The second-order valence-corrected chi connectivity index (χ2v) is 5.92. The van der Waals surface area contributed by atoms with E-state index in [1.807, 2.05) is 37.2 Å². The van der Waals surface area contributed by atoms with Crippen molar-refractivity contribution < 1.29 is 9.21 Å². The van der Waals surface area contributed by atoms with Crippen LogP contribution in [0.2, 0.25) is 0 Å². The number of hydrogen-bond donors (Lipinski definition) is 1. The molecule has 124 valence electrons. The second kappa shape index (κ2) is 7.81. The summed E-state index contributed by atoms with van der Waals surface area (Å²) < 4.78 is 5.33. The molecule has 0 saturated heterocycles. The molecule has 1 aromatic carbocycles. The van der Waals surface area contributed by atoms with Crippen molar-refractivity contribution in [3.63, 3.8) is 0 Å². The van der Waals surface area contributed by atoms with Crippen molar-refractivity contribution >= 4 is 28.3 Å². The Kier molecular flexibility index (Phi) is 5.79. The summed E-state index contributed by atoms with van der Waals surface area (Å²) in [6.07, 6.45) is 4.55. The van der Waals surface area contributed by atoms with Crippen molar-refractivity contribution in [3.05, 3.63) is 34.7 Å². The van der Waals surface area contributed by atoms with Crippen molar-refractivity contribution in [1.82, 2.24) is 0 Å². The molecule has 0 fully saturated rings. The molecule has 1 heterocycles. The van der Waals surface area contributed by atoms with E-state index >= 15 is 0 Å². The first-order valence-corrected chi connectivity index (χ1v) is 8.06. The molecule has 0 aliphatic rings. The van der Waals surface area contributed by atoms with Crippen LogP contribution in [0.3, 0.4) is 0 Å². The zero-order valence-corrected chi connectivity index (χ0v) is 14.0. The lowest BCUT2D eigenvalue weighted by Gasteiger charge is -2.12. The number of amides is 1. The molecule has 2 aromatic rings. The lowest BCUT2D eigenvalue weighted by molar-refractivity contribution is -0.116. The number of hydrogen-bond acceptors (Lipinski definition) is 4. The largest absolute Gasteiger partial charge is 0.421 e. The number of carbonyl (C=O) groups is 1. The summed E-state index contributed by atoms with van der Waals surface area (Å²) in [5.41, 5.74) is 1.15. The minimum atomic E-state index is -0.518. The zero-order chi connectivity index (χ0) is 16.8. The summed E-state index contributed by atoms with van der Waals surface area (Å²) in [6.45, 7) is 2.13. The van der Waals surface area contributed by atoms with Gasteiger partial charge < -0.3 is 14.6 Å². The fourth-order valence-corrected chi connectivity index (χ4v) is 2.39. The highest BCUT2D eigenvalue weighted by Gasteiger charge is 2.10. The van der Waals surface area contributed by atoms with E-state index in [2.05, 4.69) is 12.2 Å². The summed E-state index contributed by atoms with van der Waals surface area (Å²) in [4.78, 5) is 25.9. The molecule has 1 aromatic heterocycles. The Morgan fingerprint density at radius 1 is 1.17 bits per heavy atom. The molecule has 5 nitrogen and oxygen atoms in total. The minimum Gasteiger partial charge on any atom is -0.421 e. The molecule has 0 radical (unpaired) electrons. The van der Waals surface area contributed by atoms with E-state index in [0.29, 0.717) is 12.0 Å². The van der Waals surface area contributed by atoms with Crippen LogP contribution in [0.15, 0.2) is 33.5 Å². The van der Waals surface area contributed by atoms with Crippen molar-refractivity contribution in [2.24, 2.45) is 0 Å². The first kappa shape index (κ1) is 17.1. The molecular weight excluding hydrogens is 292 g/mol. The van der Waals surface area contributed by atoms with Gasteiger partial charge in [-0.25, -0.2) is 4.79 Å². The van der Waals surface area contributed by atoms with Crippen molar-refractivity contribution in [3.8, 4) is 0 Å². The second-order valence-electron chi connectivity index (χ2n) is 5.92. The number of benzene rings is 1. The van der Waals surface area contributed by atoms with Gasteiger partial charge >= 0.3 is 5.63 Å². The molecule has 0 spiro atoms. The normalized spacial score (nSPS) is 10.7. The van der Waals surface area contributed by atoms with Crippen LogP contribution in [0.5, 0.6) is 0 Å². The number of rotatable bonds is 7. The fourth-order valence-electron chi connectivity index (χ4n) is 2.39. The Hall–Kier alpha value is -2.30. The molecule has 1 N–H and O–H groups in total. The van der Waals surface area contributed by atoms with E-state index in [1.165, 1.54) is 0 Å². The number of carbonyl (C=O) groups excluding carboxylic acids is 1. The van der Waals surface area contributed by atoms with E-state index in [0.717, 1.165) is 36.8 Å².